The Morgan fingerprint density at radius 3 is 0.972 bits per heavy atom. The van der Waals surface area contributed by atoms with Crippen LogP contribution in [0.1, 0.15) is 104 Å². The average Bonchev–Trinajstić information content (AvgIpc) is 2.72. The van der Waals surface area contributed by atoms with E-state index in [1.54, 1.807) is 0 Å². The highest BCUT2D eigenvalue weighted by molar-refractivity contribution is 5.76. The summed E-state index contributed by atoms with van der Waals surface area (Å²) in [4.78, 5) is 0. The predicted molar refractivity (Wildman–Crippen MR) is 161 cm³/mol. The molecule has 0 aliphatic rings. The molecule has 0 saturated heterocycles. The van der Waals surface area contributed by atoms with Crippen LogP contribution in [-0.2, 0) is 10.8 Å². The molecule has 0 N–H and O–H groups in total. The zero-order valence-electron chi connectivity index (χ0n) is 25.2. The van der Waals surface area contributed by atoms with Gasteiger partial charge < -0.3 is 0 Å². The van der Waals surface area contributed by atoms with E-state index in [0.29, 0.717) is 10.8 Å². The highest BCUT2D eigenvalue weighted by Crippen LogP contribution is 2.39. The molecule has 3 aromatic rings. The summed E-state index contributed by atoms with van der Waals surface area (Å²) in [6, 6.07) is 23.3. The lowest BCUT2D eigenvalue weighted by molar-refractivity contribution is 0.283. The van der Waals surface area contributed by atoms with Crippen molar-refractivity contribution in [2.75, 3.05) is 0 Å². The molecule has 0 heteroatoms. The predicted octanol–water partition coefficient (Wildman–Crippen LogP) is 11.1. The average molecular weight is 483 g/mol. The Morgan fingerprint density at radius 2 is 0.722 bits per heavy atom. The summed E-state index contributed by atoms with van der Waals surface area (Å²) in [7, 11) is 0. The summed E-state index contributed by atoms with van der Waals surface area (Å²) in [6.07, 6.45) is 2.33. The molecule has 0 saturated carbocycles. The molecule has 0 aromatic heterocycles. The molecule has 3 aromatic carbocycles. The fraction of sp³-hybridized carbons (Fsp3) is 0.500. The highest BCUT2D eigenvalue weighted by atomic mass is 14.3. The second-order valence-corrected chi connectivity index (χ2v) is 14.9. The monoisotopic (exact) mass is 482 g/mol. The van der Waals surface area contributed by atoms with Crippen molar-refractivity contribution < 1.29 is 0 Å². The van der Waals surface area contributed by atoms with Crippen LogP contribution in [0.5, 0.6) is 0 Å². The zero-order chi connectivity index (χ0) is 27.1. The van der Waals surface area contributed by atoms with Gasteiger partial charge in [-0.05, 0) is 92.9 Å². The molecule has 0 amide bonds. The molecular formula is C36H50. The van der Waals surface area contributed by atoms with E-state index >= 15 is 0 Å². The van der Waals surface area contributed by atoms with Crippen LogP contribution in [0.2, 0.25) is 0 Å². The van der Waals surface area contributed by atoms with Gasteiger partial charge in [0, 0.05) is 0 Å². The van der Waals surface area contributed by atoms with Crippen molar-refractivity contribution in [3.8, 4) is 22.3 Å². The van der Waals surface area contributed by atoms with Crippen LogP contribution < -0.4 is 0 Å². The van der Waals surface area contributed by atoms with Crippen LogP contribution in [0, 0.1) is 24.7 Å². The fourth-order valence-corrected chi connectivity index (χ4v) is 6.50. The summed E-state index contributed by atoms with van der Waals surface area (Å²) in [5, 5.41) is 0. The summed E-state index contributed by atoms with van der Waals surface area (Å²) < 4.78 is 0. The molecule has 0 spiro atoms. The first-order valence-corrected chi connectivity index (χ1v) is 13.7. The summed E-state index contributed by atoms with van der Waals surface area (Å²) in [5.41, 5.74) is 11.7. The highest BCUT2D eigenvalue weighted by Gasteiger charge is 2.28. The minimum absolute atomic E-state index is 0.166. The SMILES string of the molecule is Cc1cc(-c2ccc(C(C)(C)CC(C)(C)C)cc2)c(C)cc1-c1ccc(C(C)(C)CC(C)(C)C)cc1. The second kappa shape index (κ2) is 9.85. The molecular weight excluding hydrogens is 432 g/mol. The Hall–Kier alpha value is -2.34. The number of benzene rings is 3. The van der Waals surface area contributed by atoms with Crippen molar-refractivity contribution >= 4 is 0 Å². The lowest BCUT2D eigenvalue weighted by atomic mass is 9.72. The molecule has 0 radical (unpaired) electrons. The topological polar surface area (TPSA) is 0 Å². The second-order valence-electron chi connectivity index (χ2n) is 14.9. The molecule has 0 atom stereocenters. The normalized spacial score (nSPS) is 13.2. The number of hydrogen-bond donors (Lipinski definition) is 0. The van der Waals surface area contributed by atoms with Gasteiger partial charge in [0.05, 0.1) is 0 Å². The summed E-state index contributed by atoms with van der Waals surface area (Å²) >= 11 is 0. The van der Waals surface area contributed by atoms with E-state index in [1.807, 2.05) is 0 Å². The van der Waals surface area contributed by atoms with Crippen molar-refractivity contribution in [3.63, 3.8) is 0 Å². The summed E-state index contributed by atoms with van der Waals surface area (Å²) in [5.74, 6) is 0. The minimum atomic E-state index is 0.166. The van der Waals surface area contributed by atoms with Gasteiger partial charge in [-0.15, -0.1) is 0 Å². The van der Waals surface area contributed by atoms with Gasteiger partial charge in [-0.2, -0.15) is 0 Å². The Morgan fingerprint density at radius 1 is 0.444 bits per heavy atom. The van der Waals surface area contributed by atoms with Crippen LogP contribution >= 0.6 is 0 Å². The van der Waals surface area contributed by atoms with Gasteiger partial charge >= 0.3 is 0 Å². The van der Waals surface area contributed by atoms with Gasteiger partial charge in [0.1, 0.15) is 0 Å². The maximum absolute atomic E-state index is 2.37. The van der Waals surface area contributed by atoms with E-state index < -0.39 is 0 Å². The standard InChI is InChI=1S/C36H50/c1-25-21-32(28-15-19-30(20-16-28)36(11,12)24-34(6,7)8)26(2)22-31(25)27-13-17-29(18-14-27)35(9,10)23-33(3,4)5/h13-22H,23-24H2,1-12H3. The lowest BCUT2D eigenvalue weighted by Gasteiger charge is -2.33. The van der Waals surface area contributed by atoms with Crippen LogP contribution in [0.3, 0.4) is 0 Å². The largest absolute Gasteiger partial charge is 0.0601 e. The minimum Gasteiger partial charge on any atom is -0.0601 e. The number of rotatable bonds is 6. The van der Waals surface area contributed by atoms with Crippen LogP contribution in [-0.4, -0.2) is 0 Å². The van der Waals surface area contributed by atoms with E-state index in [2.05, 4.69) is 144 Å². The van der Waals surface area contributed by atoms with E-state index in [4.69, 9.17) is 0 Å². The molecule has 0 unspecified atom stereocenters. The van der Waals surface area contributed by atoms with E-state index in [-0.39, 0.29) is 10.8 Å². The van der Waals surface area contributed by atoms with Crippen molar-refractivity contribution in [2.24, 2.45) is 10.8 Å². The number of aryl methyl sites for hydroxylation is 2. The van der Waals surface area contributed by atoms with E-state index in [9.17, 15) is 0 Å². The third kappa shape index (κ3) is 6.90. The van der Waals surface area contributed by atoms with E-state index in [1.165, 1.54) is 57.3 Å². The molecule has 0 bridgehead atoms. The van der Waals surface area contributed by atoms with Gasteiger partial charge in [-0.3, -0.25) is 0 Å². The first-order chi connectivity index (χ1) is 16.4. The molecule has 0 aliphatic carbocycles. The molecule has 36 heavy (non-hydrogen) atoms. The van der Waals surface area contributed by atoms with Crippen molar-refractivity contribution in [3.05, 3.63) is 82.9 Å². The molecule has 0 aliphatic heterocycles. The fourth-order valence-electron chi connectivity index (χ4n) is 6.50. The van der Waals surface area contributed by atoms with Gasteiger partial charge in [0.25, 0.3) is 0 Å². The lowest BCUT2D eigenvalue weighted by Crippen LogP contribution is -2.24. The Balaban J connectivity index is 1.88. The third-order valence-electron chi connectivity index (χ3n) is 7.47. The van der Waals surface area contributed by atoms with Gasteiger partial charge in [-0.1, -0.05) is 130 Å². The van der Waals surface area contributed by atoms with Crippen LogP contribution in [0.25, 0.3) is 22.3 Å². The van der Waals surface area contributed by atoms with Crippen molar-refractivity contribution in [1.29, 1.82) is 0 Å². The maximum atomic E-state index is 2.37. The molecule has 3 rings (SSSR count). The molecule has 0 fully saturated rings. The Bertz CT molecular complexity index is 1070. The third-order valence-corrected chi connectivity index (χ3v) is 7.47. The van der Waals surface area contributed by atoms with Crippen molar-refractivity contribution in [1.82, 2.24) is 0 Å². The van der Waals surface area contributed by atoms with Gasteiger partial charge in [0.2, 0.25) is 0 Å². The van der Waals surface area contributed by atoms with E-state index in [0.717, 1.165) is 0 Å². The van der Waals surface area contributed by atoms with Gasteiger partial charge in [-0.25, -0.2) is 0 Å². The van der Waals surface area contributed by atoms with Crippen LogP contribution in [0.15, 0.2) is 60.7 Å². The van der Waals surface area contributed by atoms with Crippen molar-refractivity contribution in [2.45, 2.75) is 107 Å². The Kier molecular flexibility index (Phi) is 7.72. The first kappa shape index (κ1) is 28.2. The summed E-state index contributed by atoms with van der Waals surface area (Å²) in [6.45, 7) is 27.9. The molecule has 194 valence electrons. The quantitative estimate of drug-likeness (QED) is 0.328. The zero-order valence-corrected chi connectivity index (χ0v) is 25.2. The Labute approximate surface area is 222 Å². The molecule has 0 heterocycles. The molecule has 0 nitrogen and oxygen atoms in total. The smallest absolute Gasteiger partial charge is 0.00986 e. The van der Waals surface area contributed by atoms with Gasteiger partial charge in [0.15, 0.2) is 0 Å². The first-order valence-electron chi connectivity index (χ1n) is 13.7. The maximum Gasteiger partial charge on any atom is -0.00986 e. The number of hydrogen-bond acceptors (Lipinski definition) is 0. The van der Waals surface area contributed by atoms with Crippen LogP contribution in [0.4, 0.5) is 0 Å².